The first kappa shape index (κ1) is 26.1. The number of morpholine rings is 1. The van der Waals surface area contributed by atoms with Gasteiger partial charge in [0.1, 0.15) is 18.2 Å². The van der Waals surface area contributed by atoms with E-state index in [1.165, 1.54) is 0 Å². The summed E-state index contributed by atoms with van der Waals surface area (Å²) >= 11 is 0. The fourth-order valence-electron chi connectivity index (χ4n) is 3.38. The number of nitrogens with zero attached hydrogens (tertiary/aromatic N) is 3. The third kappa shape index (κ3) is 7.79. The smallest absolute Gasteiger partial charge is 0.191 e. The second kappa shape index (κ2) is 14.1. The third-order valence-corrected chi connectivity index (χ3v) is 5.06. The first-order valence-corrected chi connectivity index (χ1v) is 10.6. The quantitative estimate of drug-likeness (QED) is 0.213. The fourth-order valence-corrected chi connectivity index (χ4v) is 3.38. The molecule has 2 heterocycles. The zero-order chi connectivity index (χ0) is 21.9. The molecule has 0 atom stereocenters. The van der Waals surface area contributed by atoms with Gasteiger partial charge in [0.05, 0.1) is 19.8 Å². The van der Waals surface area contributed by atoms with Gasteiger partial charge in [0.2, 0.25) is 0 Å². The van der Waals surface area contributed by atoms with Crippen LogP contribution in [0.4, 0.5) is 5.82 Å². The van der Waals surface area contributed by atoms with Crippen molar-refractivity contribution < 1.29 is 14.2 Å². The maximum atomic E-state index is 5.89. The molecule has 1 aromatic carbocycles. The largest absolute Gasteiger partial charge is 0.491 e. The SMILES string of the molecule is CN=C(NCc1ccc(C)cc1OCCOC)NCc1cccnc1N1CCOCC1.I. The predicted octanol–water partition coefficient (Wildman–Crippen LogP) is 2.74. The van der Waals surface area contributed by atoms with Gasteiger partial charge in [-0.2, -0.15) is 0 Å². The molecule has 0 radical (unpaired) electrons. The summed E-state index contributed by atoms with van der Waals surface area (Å²) in [5.41, 5.74) is 3.36. The van der Waals surface area contributed by atoms with Crippen LogP contribution in [0.5, 0.6) is 5.75 Å². The molecule has 1 saturated heterocycles. The normalized spacial score (nSPS) is 14.0. The number of ether oxygens (including phenoxy) is 3. The second-order valence-corrected chi connectivity index (χ2v) is 7.32. The summed E-state index contributed by atoms with van der Waals surface area (Å²) in [6.07, 6.45) is 1.84. The highest BCUT2D eigenvalue weighted by Gasteiger charge is 2.16. The number of aromatic nitrogens is 1. The maximum Gasteiger partial charge on any atom is 0.191 e. The maximum absolute atomic E-state index is 5.89. The molecule has 1 fully saturated rings. The monoisotopic (exact) mass is 555 g/mol. The van der Waals surface area contributed by atoms with Crippen molar-refractivity contribution in [3.05, 3.63) is 53.2 Å². The standard InChI is InChI=1S/C23H33N5O3.HI/c1-18-6-7-19(21(15-18)31-14-13-29-3)16-26-23(24-2)27-17-20-5-4-8-25-22(20)28-9-11-30-12-10-28;/h4-8,15H,9-14,16-17H2,1-3H3,(H2,24,26,27);1H. The van der Waals surface area contributed by atoms with E-state index in [0.717, 1.165) is 60.5 Å². The molecule has 1 aliphatic heterocycles. The van der Waals surface area contributed by atoms with Gasteiger partial charge in [0, 0.05) is 57.7 Å². The van der Waals surface area contributed by atoms with Crippen LogP contribution in [0.1, 0.15) is 16.7 Å². The van der Waals surface area contributed by atoms with Crippen LogP contribution in [0, 0.1) is 6.92 Å². The van der Waals surface area contributed by atoms with Crippen LogP contribution < -0.4 is 20.3 Å². The molecular weight excluding hydrogens is 521 g/mol. The minimum Gasteiger partial charge on any atom is -0.491 e. The molecule has 0 aliphatic carbocycles. The van der Waals surface area contributed by atoms with Gasteiger partial charge in [-0.15, -0.1) is 24.0 Å². The zero-order valence-electron chi connectivity index (χ0n) is 19.1. The lowest BCUT2D eigenvalue weighted by atomic mass is 10.1. The molecule has 0 unspecified atom stereocenters. The van der Waals surface area contributed by atoms with Gasteiger partial charge in [-0.3, -0.25) is 4.99 Å². The zero-order valence-corrected chi connectivity index (χ0v) is 21.4. The Labute approximate surface area is 207 Å². The second-order valence-electron chi connectivity index (χ2n) is 7.32. The molecule has 0 amide bonds. The lowest BCUT2D eigenvalue weighted by Gasteiger charge is -2.29. The van der Waals surface area contributed by atoms with Crippen LogP contribution in [-0.4, -0.2) is 64.6 Å². The molecule has 0 bridgehead atoms. The third-order valence-electron chi connectivity index (χ3n) is 5.06. The minimum atomic E-state index is 0. The Balaban J connectivity index is 0.00000363. The molecule has 9 heteroatoms. The molecule has 0 saturated carbocycles. The van der Waals surface area contributed by atoms with Gasteiger partial charge in [-0.1, -0.05) is 18.2 Å². The van der Waals surface area contributed by atoms with Gasteiger partial charge in [0.25, 0.3) is 0 Å². The van der Waals surface area contributed by atoms with Crippen LogP contribution in [0.15, 0.2) is 41.5 Å². The van der Waals surface area contributed by atoms with E-state index in [4.69, 9.17) is 14.2 Å². The Kier molecular flexibility index (Phi) is 11.5. The van der Waals surface area contributed by atoms with Crippen molar-refractivity contribution in [1.29, 1.82) is 0 Å². The van der Waals surface area contributed by atoms with E-state index in [0.29, 0.717) is 26.3 Å². The van der Waals surface area contributed by atoms with Crippen LogP contribution in [-0.2, 0) is 22.6 Å². The summed E-state index contributed by atoms with van der Waals surface area (Å²) in [5, 5.41) is 6.78. The number of hydrogen-bond donors (Lipinski definition) is 2. The number of nitrogens with one attached hydrogen (secondary N) is 2. The minimum absolute atomic E-state index is 0. The van der Waals surface area contributed by atoms with Gasteiger partial charge >= 0.3 is 0 Å². The van der Waals surface area contributed by atoms with E-state index in [-0.39, 0.29) is 24.0 Å². The Morgan fingerprint density at radius 2 is 1.88 bits per heavy atom. The summed E-state index contributed by atoms with van der Waals surface area (Å²) in [4.78, 5) is 11.2. The molecular formula is C23H34IN5O3. The van der Waals surface area contributed by atoms with E-state index < -0.39 is 0 Å². The van der Waals surface area contributed by atoms with Gasteiger partial charge in [-0.05, 0) is 24.6 Å². The lowest BCUT2D eigenvalue weighted by Crippen LogP contribution is -2.39. The molecule has 2 aromatic rings. The van der Waals surface area contributed by atoms with Crippen molar-refractivity contribution >= 4 is 35.8 Å². The molecule has 3 rings (SSSR count). The average Bonchev–Trinajstić information content (AvgIpc) is 2.81. The van der Waals surface area contributed by atoms with Crippen molar-refractivity contribution in [2.24, 2.45) is 4.99 Å². The van der Waals surface area contributed by atoms with Gasteiger partial charge in [0.15, 0.2) is 5.96 Å². The number of rotatable bonds is 9. The molecule has 2 N–H and O–H groups in total. The number of aryl methyl sites for hydroxylation is 1. The summed E-state index contributed by atoms with van der Waals surface area (Å²) in [5.74, 6) is 2.59. The Morgan fingerprint density at radius 3 is 2.59 bits per heavy atom. The predicted molar refractivity (Wildman–Crippen MR) is 138 cm³/mol. The fraction of sp³-hybridized carbons (Fsp3) is 0.478. The summed E-state index contributed by atoms with van der Waals surface area (Å²) < 4.78 is 16.4. The highest BCUT2D eigenvalue weighted by atomic mass is 127. The Bertz CT molecular complexity index is 859. The highest BCUT2D eigenvalue weighted by Crippen LogP contribution is 2.21. The number of aliphatic imine (C=N–C) groups is 1. The van der Waals surface area contributed by atoms with Gasteiger partial charge < -0.3 is 29.7 Å². The van der Waals surface area contributed by atoms with E-state index in [1.807, 2.05) is 18.3 Å². The van der Waals surface area contributed by atoms with Crippen molar-refractivity contribution in [3.63, 3.8) is 0 Å². The van der Waals surface area contributed by atoms with Crippen molar-refractivity contribution in [2.45, 2.75) is 20.0 Å². The number of guanidine groups is 1. The van der Waals surface area contributed by atoms with Gasteiger partial charge in [-0.25, -0.2) is 4.98 Å². The molecule has 32 heavy (non-hydrogen) atoms. The topological polar surface area (TPSA) is 80.2 Å². The Hall–Kier alpha value is -2.11. The molecule has 1 aliphatic rings. The first-order valence-electron chi connectivity index (χ1n) is 10.6. The summed E-state index contributed by atoms with van der Waals surface area (Å²) in [6, 6.07) is 10.3. The number of pyridine rings is 1. The average molecular weight is 555 g/mol. The van der Waals surface area contributed by atoms with Crippen LogP contribution in [0.25, 0.3) is 0 Å². The van der Waals surface area contributed by atoms with Crippen molar-refractivity contribution in [3.8, 4) is 5.75 Å². The number of benzene rings is 1. The Morgan fingerprint density at radius 1 is 1.12 bits per heavy atom. The van der Waals surface area contributed by atoms with E-state index in [1.54, 1.807) is 14.2 Å². The lowest BCUT2D eigenvalue weighted by molar-refractivity contribution is 0.122. The first-order chi connectivity index (χ1) is 15.2. The number of anilines is 1. The summed E-state index contributed by atoms with van der Waals surface area (Å²) in [6.45, 7) is 7.55. The molecule has 0 spiro atoms. The molecule has 1 aromatic heterocycles. The van der Waals surface area contributed by atoms with Crippen LogP contribution in [0.2, 0.25) is 0 Å². The van der Waals surface area contributed by atoms with Crippen LogP contribution >= 0.6 is 24.0 Å². The number of halogens is 1. The van der Waals surface area contributed by atoms with E-state index in [9.17, 15) is 0 Å². The highest BCUT2D eigenvalue weighted by molar-refractivity contribution is 14.0. The van der Waals surface area contributed by atoms with Crippen molar-refractivity contribution in [2.75, 3.05) is 58.6 Å². The van der Waals surface area contributed by atoms with E-state index in [2.05, 4.69) is 50.6 Å². The molecule has 176 valence electrons. The number of methoxy groups -OCH3 is 1. The molecule has 8 nitrogen and oxygen atoms in total. The number of hydrogen-bond acceptors (Lipinski definition) is 6. The van der Waals surface area contributed by atoms with Crippen LogP contribution in [0.3, 0.4) is 0 Å². The van der Waals surface area contributed by atoms with Crippen molar-refractivity contribution in [1.82, 2.24) is 15.6 Å². The van der Waals surface area contributed by atoms with E-state index >= 15 is 0 Å². The summed E-state index contributed by atoms with van der Waals surface area (Å²) in [7, 11) is 3.44.